The van der Waals surface area contributed by atoms with Crippen molar-refractivity contribution < 1.29 is 27.9 Å². The van der Waals surface area contributed by atoms with Crippen LogP contribution in [0.1, 0.15) is 31.1 Å². The van der Waals surface area contributed by atoms with Gasteiger partial charge in [-0.25, -0.2) is 18.0 Å². The zero-order chi connectivity index (χ0) is 17.0. The molecular formula is C14H19NO6S. The molecule has 122 valence electrons. The number of carboxylic acids is 1. The first-order valence-electron chi connectivity index (χ1n) is 6.54. The minimum absolute atomic E-state index is 0.00323. The van der Waals surface area contributed by atoms with E-state index in [0.29, 0.717) is 0 Å². The predicted molar refractivity (Wildman–Crippen MR) is 79.7 cm³/mol. The molecule has 0 spiro atoms. The number of nitrogens with one attached hydrogen (secondary N) is 1. The molecule has 0 saturated heterocycles. The maximum Gasteiger partial charge on any atom is 0.407 e. The third-order valence-corrected chi connectivity index (χ3v) is 4.23. The first-order chi connectivity index (χ1) is 10.0. The summed E-state index contributed by atoms with van der Waals surface area (Å²) in [6, 6.07) is 4.89. The Morgan fingerprint density at radius 3 is 2.18 bits per heavy atom. The molecular weight excluding hydrogens is 310 g/mol. The highest BCUT2D eigenvalue weighted by Gasteiger charge is 2.18. The molecule has 1 amide bonds. The van der Waals surface area contributed by atoms with Crippen LogP contribution in [0.25, 0.3) is 0 Å². The number of alkyl carbamates (subject to hydrolysis) is 1. The number of hydrogen-bond acceptors (Lipinski definition) is 5. The summed E-state index contributed by atoms with van der Waals surface area (Å²) in [4.78, 5) is 22.1. The molecule has 22 heavy (non-hydrogen) atoms. The van der Waals surface area contributed by atoms with E-state index in [4.69, 9.17) is 9.84 Å². The Kier molecular flexibility index (Phi) is 5.54. The molecule has 0 aliphatic carbocycles. The Morgan fingerprint density at radius 2 is 1.73 bits per heavy atom. The SMILES string of the molecule is CC(C)(C)OC(=O)NCCS(=O)(=O)c1ccc(C(=O)O)cc1. The van der Waals surface area contributed by atoms with Gasteiger partial charge in [0.25, 0.3) is 0 Å². The van der Waals surface area contributed by atoms with Crippen LogP contribution in [0, 0.1) is 0 Å². The highest BCUT2D eigenvalue weighted by molar-refractivity contribution is 7.91. The second-order valence-corrected chi connectivity index (χ2v) is 7.69. The third-order valence-electron chi connectivity index (χ3n) is 2.50. The summed E-state index contributed by atoms with van der Waals surface area (Å²) in [6.45, 7) is 5.01. The first-order valence-corrected chi connectivity index (χ1v) is 8.19. The van der Waals surface area contributed by atoms with Crippen LogP contribution in [0.4, 0.5) is 4.79 Å². The second-order valence-electron chi connectivity index (χ2n) is 5.58. The zero-order valence-electron chi connectivity index (χ0n) is 12.6. The summed E-state index contributed by atoms with van der Waals surface area (Å²) in [7, 11) is -3.61. The predicted octanol–water partition coefficient (Wildman–Crippen LogP) is 1.68. The van der Waals surface area contributed by atoms with E-state index >= 15 is 0 Å². The molecule has 0 aliphatic rings. The van der Waals surface area contributed by atoms with Gasteiger partial charge in [-0.1, -0.05) is 0 Å². The Morgan fingerprint density at radius 1 is 1.18 bits per heavy atom. The van der Waals surface area contributed by atoms with Gasteiger partial charge in [-0.05, 0) is 45.0 Å². The van der Waals surface area contributed by atoms with Gasteiger partial charge in [-0.2, -0.15) is 0 Å². The fraction of sp³-hybridized carbons (Fsp3) is 0.429. The summed E-state index contributed by atoms with van der Waals surface area (Å²) < 4.78 is 29.1. The van der Waals surface area contributed by atoms with Crippen LogP contribution in [0.5, 0.6) is 0 Å². The van der Waals surface area contributed by atoms with Gasteiger partial charge in [0.15, 0.2) is 9.84 Å². The van der Waals surface area contributed by atoms with Gasteiger partial charge < -0.3 is 15.2 Å². The lowest BCUT2D eigenvalue weighted by molar-refractivity contribution is 0.0530. The van der Waals surface area contributed by atoms with E-state index in [9.17, 15) is 18.0 Å². The molecule has 0 atom stereocenters. The number of carboxylic acid groups (broad SMARTS) is 1. The van der Waals surface area contributed by atoms with Crippen molar-refractivity contribution in [3.8, 4) is 0 Å². The van der Waals surface area contributed by atoms with E-state index in [1.165, 1.54) is 24.3 Å². The normalized spacial score (nSPS) is 11.8. The molecule has 0 saturated carbocycles. The van der Waals surface area contributed by atoms with E-state index in [1.54, 1.807) is 20.8 Å². The van der Waals surface area contributed by atoms with Crippen LogP contribution in [0.2, 0.25) is 0 Å². The van der Waals surface area contributed by atoms with E-state index < -0.39 is 27.5 Å². The number of ether oxygens (including phenoxy) is 1. The van der Waals surface area contributed by atoms with Crippen molar-refractivity contribution in [3.63, 3.8) is 0 Å². The average molecular weight is 329 g/mol. The topological polar surface area (TPSA) is 110 Å². The van der Waals surface area contributed by atoms with Crippen molar-refractivity contribution in [2.24, 2.45) is 0 Å². The fourth-order valence-corrected chi connectivity index (χ4v) is 2.68. The smallest absolute Gasteiger partial charge is 0.407 e. The van der Waals surface area contributed by atoms with E-state index in [-0.39, 0.29) is 22.8 Å². The molecule has 0 fully saturated rings. The standard InChI is InChI=1S/C14H19NO6S/c1-14(2,3)21-13(18)15-8-9-22(19,20)11-6-4-10(5-7-11)12(16)17/h4-7H,8-9H2,1-3H3,(H,15,18)(H,16,17). The maximum atomic E-state index is 12.0. The number of benzene rings is 1. The van der Waals surface area contributed by atoms with Crippen molar-refractivity contribution in [2.45, 2.75) is 31.3 Å². The summed E-state index contributed by atoms with van der Waals surface area (Å²) in [6.07, 6.45) is -0.691. The fourth-order valence-electron chi connectivity index (χ4n) is 1.52. The minimum atomic E-state index is -3.61. The highest BCUT2D eigenvalue weighted by atomic mass is 32.2. The molecule has 0 aromatic heterocycles. The maximum absolute atomic E-state index is 12.0. The number of carbonyl (C=O) groups is 2. The summed E-state index contributed by atoms with van der Waals surface area (Å²) in [5, 5.41) is 11.1. The van der Waals surface area contributed by atoms with E-state index in [0.717, 1.165) is 0 Å². The molecule has 0 aliphatic heterocycles. The van der Waals surface area contributed by atoms with Gasteiger partial charge in [-0.3, -0.25) is 0 Å². The number of hydrogen-bond donors (Lipinski definition) is 2. The molecule has 1 aromatic carbocycles. The zero-order valence-corrected chi connectivity index (χ0v) is 13.4. The Labute approximate surface area is 129 Å². The molecule has 2 N–H and O–H groups in total. The van der Waals surface area contributed by atoms with Crippen LogP contribution in [-0.2, 0) is 14.6 Å². The van der Waals surface area contributed by atoms with Crippen molar-refractivity contribution in [3.05, 3.63) is 29.8 Å². The van der Waals surface area contributed by atoms with Crippen LogP contribution in [-0.4, -0.2) is 43.5 Å². The molecule has 1 aromatic rings. The summed E-state index contributed by atoms with van der Waals surface area (Å²) in [5.74, 6) is -1.44. The van der Waals surface area contributed by atoms with Crippen molar-refractivity contribution in [1.29, 1.82) is 0 Å². The highest BCUT2D eigenvalue weighted by Crippen LogP contribution is 2.12. The lowest BCUT2D eigenvalue weighted by atomic mass is 10.2. The summed E-state index contributed by atoms with van der Waals surface area (Å²) >= 11 is 0. The third kappa shape index (κ3) is 5.72. The van der Waals surface area contributed by atoms with E-state index in [1.807, 2.05) is 0 Å². The largest absolute Gasteiger partial charge is 0.478 e. The number of rotatable bonds is 5. The van der Waals surface area contributed by atoms with Crippen LogP contribution in [0.15, 0.2) is 29.2 Å². The van der Waals surface area contributed by atoms with Crippen molar-refractivity contribution in [1.82, 2.24) is 5.32 Å². The number of amides is 1. The minimum Gasteiger partial charge on any atom is -0.478 e. The average Bonchev–Trinajstić information content (AvgIpc) is 2.36. The monoisotopic (exact) mass is 329 g/mol. The Bertz CT molecular complexity index is 643. The van der Waals surface area contributed by atoms with Gasteiger partial charge in [0, 0.05) is 6.54 Å². The molecule has 0 radical (unpaired) electrons. The molecule has 0 unspecified atom stereocenters. The van der Waals surface area contributed by atoms with E-state index in [2.05, 4.69) is 5.32 Å². The Balaban J connectivity index is 2.61. The number of sulfone groups is 1. The molecule has 7 nitrogen and oxygen atoms in total. The lowest BCUT2D eigenvalue weighted by Gasteiger charge is -2.19. The van der Waals surface area contributed by atoms with Gasteiger partial charge in [-0.15, -0.1) is 0 Å². The van der Waals surface area contributed by atoms with Gasteiger partial charge in [0.05, 0.1) is 16.2 Å². The van der Waals surface area contributed by atoms with Crippen LogP contribution >= 0.6 is 0 Å². The van der Waals surface area contributed by atoms with Crippen LogP contribution in [0.3, 0.4) is 0 Å². The lowest BCUT2D eigenvalue weighted by Crippen LogP contribution is -2.35. The quantitative estimate of drug-likeness (QED) is 0.850. The Hall–Kier alpha value is -2.09. The van der Waals surface area contributed by atoms with Gasteiger partial charge in [0.1, 0.15) is 5.60 Å². The molecule has 0 bridgehead atoms. The molecule has 1 rings (SSSR count). The second kappa shape index (κ2) is 6.78. The van der Waals surface area contributed by atoms with Crippen molar-refractivity contribution in [2.75, 3.05) is 12.3 Å². The van der Waals surface area contributed by atoms with Crippen molar-refractivity contribution >= 4 is 21.9 Å². The summed E-state index contributed by atoms with van der Waals surface area (Å²) in [5.41, 5.74) is -0.652. The molecule has 8 heteroatoms. The van der Waals surface area contributed by atoms with Crippen LogP contribution < -0.4 is 5.32 Å². The number of aromatic carboxylic acids is 1. The number of carbonyl (C=O) groups excluding carboxylic acids is 1. The van der Waals surface area contributed by atoms with Gasteiger partial charge in [0.2, 0.25) is 0 Å². The van der Waals surface area contributed by atoms with Gasteiger partial charge >= 0.3 is 12.1 Å². The molecule has 0 heterocycles. The first kappa shape index (κ1) is 18.0.